The number of allylic oxidation sites excluding steroid dienone is 2. The number of ether oxygens (including phenoxy) is 1. The van der Waals surface area contributed by atoms with E-state index in [9.17, 15) is 9.59 Å². The van der Waals surface area contributed by atoms with E-state index in [0.717, 1.165) is 22.7 Å². The van der Waals surface area contributed by atoms with Gasteiger partial charge in [-0.25, -0.2) is 0 Å². The Labute approximate surface area is 215 Å². The van der Waals surface area contributed by atoms with Crippen LogP contribution in [0, 0.1) is 0 Å². The average molecular weight is 506 g/mol. The highest BCUT2D eigenvalue weighted by molar-refractivity contribution is 6.36. The zero-order valence-corrected chi connectivity index (χ0v) is 20.9. The van der Waals surface area contributed by atoms with Gasteiger partial charge in [-0.3, -0.25) is 14.5 Å². The van der Waals surface area contributed by atoms with Crippen molar-refractivity contribution in [3.8, 4) is 5.75 Å². The van der Waals surface area contributed by atoms with Crippen molar-refractivity contribution in [3.05, 3.63) is 105 Å². The summed E-state index contributed by atoms with van der Waals surface area (Å²) in [5, 5.41) is 0.935. The minimum atomic E-state index is -0.470. The number of Topliss-reactive ketones (excluding diaryl/α,β-unsaturated/α-hetero) is 1. The van der Waals surface area contributed by atoms with Crippen LogP contribution in [-0.4, -0.2) is 18.3 Å². The van der Waals surface area contributed by atoms with E-state index in [4.69, 9.17) is 27.9 Å². The van der Waals surface area contributed by atoms with Gasteiger partial charge in [-0.2, -0.15) is 0 Å². The number of carbonyl (C=O) groups excluding carboxylic acids is 2. The first kappa shape index (κ1) is 23.7. The summed E-state index contributed by atoms with van der Waals surface area (Å²) < 4.78 is 5.58. The second-order valence-electron chi connectivity index (χ2n) is 8.85. The third-order valence-corrected chi connectivity index (χ3v) is 7.41. The van der Waals surface area contributed by atoms with Crippen molar-refractivity contribution in [2.75, 3.05) is 11.5 Å². The fourth-order valence-corrected chi connectivity index (χ4v) is 5.91. The number of carbonyl (C=O) groups is 2. The van der Waals surface area contributed by atoms with Gasteiger partial charge in [-0.1, -0.05) is 59.6 Å². The SMILES string of the molecule is CCOc1ccc(N2C(=O)CC(c3c(Cl)cccc3Cl)C3=C2CC(c2ccccc2)CC3=O)cc1. The molecule has 0 fully saturated rings. The maximum atomic E-state index is 13.7. The Balaban J connectivity index is 1.65. The van der Waals surface area contributed by atoms with Gasteiger partial charge in [-0.05, 0) is 66.8 Å². The molecule has 6 heteroatoms. The van der Waals surface area contributed by atoms with Gasteiger partial charge in [0.05, 0.1) is 6.61 Å². The first-order chi connectivity index (χ1) is 17.0. The maximum absolute atomic E-state index is 13.7. The van der Waals surface area contributed by atoms with E-state index in [-0.39, 0.29) is 24.0 Å². The molecule has 2 atom stereocenters. The Morgan fingerprint density at radius 1 is 0.857 bits per heavy atom. The molecule has 35 heavy (non-hydrogen) atoms. The molecule has 5 rings (SSSR count). The van der Waals surface area contributed by atoms with Gasteiger partial charge in [0.15, 0.2) is 5.78 Å². The summed E-state index contributed by atoms with van der Waals surface area (Å²) in [5.41, 5.74) is 3.83. The van der Waals surface area contributed by atoms with E-state index in [1.54, 1.807) is 23.1 Å². The number of hydrogen-bond acceptors (Lipinski definition) is 3. The normalized spacial score (nSPS) is 20.1. The summed E-state index contributed by atoms with van der Waals surface area (Å²) in [7, 11) is 0. The molecule has 2 aliphatic rings. The van der Waals surface area contributed by atoms with Crippen molar-refractivity contribution < 1.29 is 14.3 Å². The summed E-state index contributed by atoms with van der Waals surface area (Å²) >= 11 is 13.1. The van der Waals surface area contributed by atoms with Crippen LogP contribution in [0.3, 0.4) is 0 Å². The minimum Gasteiger partial charge on any atom is -0.494 e. The molecule has 3 aromatic rings. The zero-order chi connectivity index (χ0) is 24.5. The number of halogens is 2. The highest BCUT2D eigenvalue weighted by Crippen LogP contribution is 2.49. The number of anilines is 1. The van der Waals surface area contributed by atoms with Crippen molar-refractivity contribution in [1.82, 2.24) is 0 Å². The standard InChI is InChI=1S/C29H25Cl2NO3/c1-2-35-21-13-11-20(12-14-21)32-25-15-19(18-7-4-3-5-8-18)16-26(33)29(25)22(17-27(32)34)28-23(30)9-6-10-24(28)31/h3-14,19,22H,2,15-17H2,1H3. The van der Waals surface area contributed by atoms with E-state index in [2.05, 4.69) is 0 Å². The quantitative estimate of drug-likeness (QED) is 0.365. The van der Waals surface area contributed by atoms with Crippen LogP contribution >= 0.6 is 23.2 Å². The maximum Gasteiger partial charge on any atom is 0.232 e. The largest absolute Gasteiger partial charge is 0.494 e. The summed E-state index contributed by atoms with van der Waals surface area (Å²) in [6.07, 6.45) is 1.08. The van der Waals surface area contributed by atoms with Crippen molar-refractivity contribution >= 4 is 40.6 Å². The molecule has 1 amide bonds. The van der Waals surface area contributed by atoms with Gasteiger partial charge >= 0.3 is 0 Å². The first-order valence-corrected chi connectivity index (χ1v) is 12.5. The lowest BCUT2D eigenvalue weighted by Crippen LogP contribution is -2.42. The molecule has 178 valence electrons. The Morgan fingerprint density at radius 2 is 1.54 bits per heavy atom. The number of ketones is 1. The average Bonchev–Trinajstić information content (AvgIpc) is 2.85. The predicted molar refractivity (Wildman–Crippen MR) is 139 cm³/mol. The summed E-state index contributed by atoms with van der Waals surface area (Å²) in [6, 6.07) is 22.7. The van der Waals surface area contributed by atoms with Gasteiger partial charge in [0.1, 0.15) is 5.75 Å². The number of benzene rings is 3. The Hall–Kier alpha value is -3.08. The van der Waals surface area contributed by atoms with Gasteiger partial charge in [0.2, 0.25) is 5.91 Å². The molecule has 0 radical (unpaired) electrons. The highest BCUT2D eigenvalue weighted by atomic mass is 35.5. The van der Waals surface area contributed by atoms with Gasteiger partial charge in [0, 0.05) is 45.8 Å². The molecule has 0 aromatic heterocycles. The molecule has 0 N–H and O–H groups in total. The van der Waals surface area contributed by atoms with E-state index < -0.39 is 5.92 Å². The monoisotopic (exact) mass is 505 g/mol. The number of nitrogens with zero attached hydrogens (tertiary/aromatic N) is 1. The predicted octanol–water partition coefficient (Wildman–Crippen LogP) is 7.31. The third-order valence-electron chi connectivity index (χ3n) is 6.75. The van der Waals surface area contributed by atoms with Gasteiger partial charge in [0.25, 0.3) is 0 Å². The molecule has 4 nitrogen and oxygen atoms in total. The van der Waals surface area contributed by atoms with Crippen molar-refractivity contribution in [2.24, 2.45) is 0 Å². The molecular formula is C29H25Cl2NO3. The summed E-state index contributed by atoms with van der Waals surface area (Å²) in [6.45, 7) is 2.49. The fraction of sp³-hybridized carbons (Fsp3) is 0.241. The molecule has 0 saturated carbocycles. The number of rotatable bonds is 5. The lowest BCUT2D eigenvalue weighted by Gasteiger charge is -2.41. The smallest absolute Gasteiger partial charge is 0.232 e. The lowest BCUT2D eigenvalue weighted by atomic mass is 9.72. The second-order valence-corrected chi connectivity index (χ2v) is 9.66. The highest BCUT2D eigenvalue weighted by Gasteiger charge is 2.43. The molecule has 0 saturated heterocycles. The van der Waals surface area contributed by atoms with Crippen LogP contribution < -0.4 is 9.64 Å². The molecular weight excluding hydrogens is 481 g/mol. The number of amides is 1. The lowest BCUT2D eigenvalue weighted by molar-refractivity contribution is -0.120. The molecule has 1 aliphatic carbocycles. The van der Waals surface area contributed by atoms with Gasteiger partial charge < -0.3 is 4.74 Å². The molecule has 2 unspecified atom stereocenters. The fourth-order valence-electron chi connectivity index (χ4n) is 5.24. The van der Waals surface area contributed by atoms with Crippen molar-refractivity contribution in [3.63, 3.8) is 0 Å². The summed E-state index contributed by atoms with van der Waals surface area (Å²) in [4.78, 5) is 29.1. The van der Waals surface area contributed by atoms with Gasteiger partial charge in [-0.15, -0.1) is 0 Å². The minimum absolute atomic E-state index is 0.0130. The summed E-state index contributed by atoms with van der Waals surface area (Å²) in [5.74, 6) is 0.195. The van der Waals surface area contributed by atoms with Crippen LogP contribution in [-0.2, 0) is 9.59 Å². The second kappa shape index (κ2) is 9.88. The molecule has 0 bridgehead atoms. The van der Waals surface area contributed by atoms with Crippen molar-refractivity contribution in [1.29, 1.82) is 0 Å². The van der Waals surface area contributed by atoms with Crippen molar-refractivity contribution in [2.45, 2.75) is 38.0 Å². The Morgan fingerprint density at radius 3 is 2.20 bits per heavy atom. The third kappa shape index (κ3) is 4.49. The van der Waals surface area contributed by atoms with Crippen LogP contribution in [0.2, 0.25) is 10.0 Å². The van der Waals surface area contributed by atoms with Crippen LogP contribution in [0.5, 0.6) is 5.75 Å². The molecule has 0 spiro atoms. The topological polar surface area (TPSA) is 46.6 Å². The zero-order valence-electron chi connectivity index (χ0n) is 19.3. The Bertz CT molecular complexity index is 1280. The van der Waals surface area contributed by atoms with E-state index in [1.165, 1.54) is 0 Å². The van der Waals surface area contributed by atoms with Crippen LogP contribution in [0.15, 0.2) is 84.1 Å². The molecule has 3 aromatic carbocycles. The first-order valence-electron chi connectivity index (χ1n) is 11.8. The molecule has 1 aliphatic heterocycles. The number of hydrogen-bond donors (Lipinski definition) is 0. The van der Waals surface area contributed by atoms with E-state index in [0.29, 0.717) is 40.6 Å². The van der Waals surface area contributed by atoms with E-state index >= 15 is 0 Å². The van der Waals surface area contributed by atoms with E-state index in [1.807, 2.05) is 61.5 Å². The Kier molecular flexibility index (Phi) is 6.68. The van der Waals surface area contributed by atoms with Crippen LogP contribution in [0.25, 0.3) is 0 Å². The van der Waals surface area contributed by atoms with Crippen LogP contribution in [0.4, 0.5) is 5.69 Å². The molecule has 1 heterocycles. The van der Waals surface area contributed by atoms with Crippen LogP contribution in [0.1, 0.15) is 49.1 Å².